The molecule has 0 aliphatic carbocycles. The molecule has 22 heavy (non-hydrogen) atoms. The molecule has 0 saturated carbocycles. The van der Waals surface area contributed by atoms with Gasteiger partial charge in [0.15, 0.2) is 5.43 Å². The third-order valence-corrected chi connectivity index (χ3v) is 3.49. The van der Waals surface area contributed by atoms with E-state index in [2.05, 4.69) is 0 Å². The van der Waals surface area contributed by atoms with Crippen molar-refractivity contribution in [2.45, 2.75) is 6.92 Å². The molecular formula is C16H12N2O4. The second-order valence-electron chi connectivity index (χ2n) is 4.86. The summed E-state index contributed by atoms with van der Waals surface area (Å²) in [6.45, 7) is 1.39. The van der Waals surface area contributed by atoms with E-state index in [0.717, 1.165) is 10.8 Å². The lowest BCUT2D eigenvalue weighted by molar-refractivity contribution is -0.638. The molecule has 0 aliphatic rings. The van der Waals surface area contributed by atoms with E-state index in [1.54, 1.807) is 12.1 Å². The Kier molecular flexibility index (Phi) is 3.14. The van der Waals surface area contributed by atoms with Gasteiger partial charge in [0.25, 0.3) is 11.0 Å². The van der Waals surface area contributed by atoms with Crippen LogP contribution in [0.15, 0.2) is 53.3 Å². The minimum absolute atomic E-state index is 0.00120. The molecule has 0 bridgehead atoms. The molecule has 1 heterocycles. The van der Waals surface area contributed by atoms with Gasteiger partial charge in [0, 0.05) is 29.8 Å². The fourth-order valence-electron chi connectivity index (χ4n) is 2.17. The largest absolute Gasteiger partial charge is 0.618 e. The molecule has 0 fully saturated rings. The topological polar surface area (TPSA) is 91.2 Å². The van der Waals surface area contributed by atoms with Gasteiger partial charge >= 0.3 is 11.6 Å². The van der Waals surface area contributed by atoms with E-state index in [-0.39, 0.29) is 22.2 Å². The lowest BCUT2D eigenvalue weighted by Gasteiger charge is -2.06. The van der Waals surface area contributed by atoms with Crippen LogP contribution >= 0.6 is 0 Å². The Morgan fingerprint density at radius 2 is 1.32 bits per heavy atom. The Labute approximate surface area is 125 Å². The van der Waals surface area contributed by atoms with Crippen LogP contribution in [-0.4, -0.2) is 5.11 Å². The average Bonchev–Trinajstić information content (AvgIpc) is 3.22. The molecule has 0 amide bonds. The normalized spacial score (nSPS) is 10.8. The van der Waals surface area contributed by atoms with Gasteiger partial charge in [-0.3, -0.25) is 4.79 Å². The summed E-state index contributed by atoms with van der Waals surface area (Å²) >= 11 is 0. The Bertz CT molecular complexity index is 923. The zero-order valence-electron chi connectivity index (χ0n) is 11.7. The highest BCUT2D eigenvalue weighted by Crippen LogP contribution is 2.12. The summed E-state index contributed by atoms with van der Waals surface area (Å²) in [4.78, 5) is 10.5. The predicted molar refractivity (Wildman–Crippen MR) is 80.9 cm³/mol. The van der Waals surface area contributed by atoms with E-state index in [4.69, 9.17) is 0 Å². The minimum Gasteiger partial charge on any atom is -0.618 e. The summed E-state index contributed by atoms with van der Waals surface area (Å²) in [7, 11) is 0. The maximum Gasteiger partial charge on any atom is 0.448 e. The molecule has 0 aliphatic heterocycles. The first kappa shape index (κ1) is 13.8. The van der Waals surface area contributed by atoms with Crippen LogP contribution in [-0.2, 0) is 0 Å². The molecule has 0 radical (unpaired) electrons. The lowest BCUT2D eigenvalue weighted by atomic mass is 10.3. The van der Waals surface area contributed by atoms with E-state index < -0.39 is 5.88 Å². The third kappa shape index (κ3) is 2.10. The van der Waals surface area contributed by atoms with E-state index in [1.165, 1.54) is 19.1 Å². The number of nitrogens with zero attached hydrogens (tertiary/aromatic N) is 2. The first-order chi connectivity index (χ1) is 10.5. The quantitative estimate of drug-likeness (QED) is 0.390. The summed E-state index contributed by atoms with van der Waals surface area (Å²) in [6.07, 6.45) is 0. The van der Waals surface area contributed by atoms with Crippen LogP contribution in [0.1, 0.15) is 5.69 Å². The lowest BCUT2D eigenvalue weighted by Crippen LogP contribution is -2.40. The SMILES string of the molecule is Cc1c(O)[n+]([O-])c2ccccc2[n+]1[O-].O=c1c2ccccc12. The van der Waals surface area contributed by atoms with Gasteiger partial charge in [-0.2, -0.15) is 4.73 Å². The minimum atomic E-state index is -0.557. The molecule has 4 aromatic rings. The average molecular weight is 296 g/mol. The number of para-hydroxylation sites is 2. The molecule has 0 saturated heterocycles. The maximum absolute atomic E-state index is 11.5. The number of benzene rings is 2. The van der Waals surface area contributed by atoms with Crippen LogP contribution in [0.25, 0.3) is 21.8 Å². The monoisotopic (exact) mass is 296 g/mol. The molecule has 6 nitrogen and oxygen atoms in total. The summed E-state index contributed by atoms with van der Waals surface area (Å²) < 4.78 is 0.887. The molecule has 110 valence electrons. The summed E-state index contributed by atoms with van der Waals surface area (Å²) in [6, 6.07) is 13.8. The molecule has 4 rings (SSSR count). The zero-order chi connectivity index (χ0) is 15.9. The van der Waals surface area contributed by atoms with E-state index >= 15 is 0 Å². The van der Waals surface area contributed by atoms with Gasteiger partial charge < -0.3 is 15.5 Å². The van der Waals surface area contributed by atoms with Crippen molar-refractivity contribution in [2.75, 3.05) is 0 Å². The number of aromatic hydroxyl groups is 1. The van der Waals surface area contributed by atoms with Crippen molar-refractivity contribution >= 4 is 21.8 Å². The number of fused-ring (bicyclic) bond motifs is 2. The second-order valence-corrected chi connectivity index (χ2v) is 4.86. The number of hydrogen-bond donors (Lipinski definition) is 1. The molecule has 0 atom stereocenters. The fourth-order valence-corrected chi connectivity index (χ4v) is 2.17. The van der Waals surface area contributed by atoms with Gasteiger partial charge in [0.05, 0.1) is 0 Å². The first-order valence-electron chi connectivity index (χ1n) is 6.59. The number of hydrogen-bond acceptors (Lipinski definition) is 4. The van der Waals surface area contributed by atoms with Crippen LogP contribution in [0.5, 0.6) is 5.88 Å². The zero-order valence-corrected chi connectivity index (χ0v) is 11.7. The number of aromatic nitrogens is 2. The number of rotatable bonds is 0. The van der Waals surface area contributed by atoms with Crippen LogP contribution in [0.2, 0.25) is 0 Å². The van der Waals surface area contributed by atoms with Gasteiger partial charge in [0.2, 0.25) is 0 Å². The molecule has 6 heteroatoms. The maximum atomic E-state index is 11.5. The van der Waals surface area contributed by atoms with Crippen molar-refractivity contribution in [3.05, 3.63) is 74.9 Å². The van der Waals surface area contributed by atoms with Gasteiger partial charge in [-0.05, 0) is 0 Å². The van der Waals surface area contributed by atoms with Gasteiger partial charge in [-0.25, -0.2) is 0 Å². The van der Waals surface area contributed by atoms with Crippen molar-refractivity contribution in [1.82, 2.24) is 0 Å². The van der Waals surface area contributed by atoms with Crippen molar-refractivity contribution in [2.24, 2.45) is 0 Å². The van der Waals surface area contributed by atoms with Gasteiger partial charge in [0.1, 0.15) is 0 Å². The van der Waals surface area contributed by atoms with Gasteiger partial charge in [-0.1, -0.05) is 36.4 Å². The molecule has 0 spiro atoms. The first-order valence-corrected chi connectivity index (χ1v) is 6.59. The van der Waals surface area contributed by atoms with Crippen molar-refractivity contribution < 1.29 is 14.6 Å². The molecular weight excluding hydrogens is 284 g/mol. The van der Waals surface area contributed by atoms with Crippen LogP contribution in [0, 0.1) is 17.3 Å². The van der Waals surface area contributed by atoms with Crippen molar-refractivity contribution in [1.29, 1.82) is 0 Å². The fraction of sp³-hybridized carbons (Fsp3) is 0.0625. The molecule has 3 aromatic carbocycles. The Hall–Kier alpha value is -3.15. The Morgan fingerprint density at radius 1 is 0.864 bits per heavy atom. The van der Waals surface area contributed by atoms with E-state index in [1.807, 2.05) is 24.3 Å². The van der Waals surface area contributed by atoms with Crippen LogP contribution in [0.4, 0.5) is 0 Å². The van der Waals surface area contributed by atoms with E-state index in [9.17, 15) is 20.3 Å². The summed E-state index contributed by atoms with van der Waals surface area (Å²) in [5, 5.41) is 34.0. The highest BCUT2D eigenvalue weighted by molar-refractivity contribution is 5.97. The summed E-state index contributed by atoms with van der Waals surface area (Å²) in [5.74, 6) is -0.557. The Balaban J connectivity index is 0.000000151. The van der Waals surface area contributed by atoms with Crippen molar-refractivity contribution in [3.8, 4) is 5.88 Å². The Morgan fingerprint density at radius 3 is 1.82 bits per heavy atom. The molecule has 0 unspecified atom stereocenters. The summed E-state index contributed by atoms with van der Waals surface area (Å²) in [5.41, 5.74) is 0.622. The second kappa shape index (κ2) is 5.00. The van der Waals surface area contributed by atoms with Crippen molar-refractivity contribution in [3.63, 3.8) is 0 Å². The molecule has 1 aromatic heterocycles. The van der Waals surface area contributed by atoms with E-state index in [0.29, 0.717) is 9.46 Å². The standard InChI is InChI=1S/C9H8N2O3.C7H4O/c1-6-9(12)11(14)8-5-3-2-4-7(8)10(6)13;8-7-5-3-1-2-4-6(5)7/h2-5,12H,1H3;1-4H. The van der Waals surface area contributed by atoms with Crippen LogP contribution < -0.4 is 14.9 Å². The molecule has 1 N–H and O–H groups in total. The highest BCUT2D eigenvalue weighted by atomic mass is 16.5. The predicted octanol–water partition coefficient (Wildman–Crippen LogP) is 1.20. The van der Waals surface area contributed by atoms with Gasteiger partial charge in [-0.15, -0.1) is 4.73 Å². The highest BCUT2D eigenvalue weighted by Gasteiger charge is 2.23. The van der Waals surface area contributed by atoms with Crippen LogP contribution in [0.3, 0.4) is 0 Å². The smallest absolute Gasteiger partial charge is 0.448 e. The third-order valence-electron chi connectivity index (χ3n) is 3.49.